The van der Waals surface area contributed by atoms with Crippen LogP contribution in [0.4, 0.5) is 4.39 Å². The Kier molecular flexibility index (Phi) is 8.31. The molecule has 1 rings (SSSR count). The third kappa shape index (κ3) is 6.44. The average molecular weight is 297 g/mol. The highest BCUT2D eigenvalue weighted by Crippen LogP contribution is 2.20. The van der Waals surface area contributed by atoms with Crippen molar-refractivity contribution in [3.8, 4) is 5.75 Å². The van der Waals surface area contributed by atoms with Crippen LogP contribution < -0.4 is 10.1 Å². The van der Waals surface area contributed by atoms with Crippen LogP contribution in [0.3, 0.4) is 0 Å². The Hall–Kier alpha value is -1.13. The van der Waals surface area contributed by atoms with Gasteiger partial charge < -0.3 is 14.8 Å². The monoisotopic (exact) mass is 297 g/mol. The zero-order valence-corrected chi connectivity index (χ0v) is 13.6. The lowest BCUT2D eigenvalue weighted by Crippen LogP contribution is -2.34. The molecule has 4 heteroatoms. The first kappa shape index (κ1) is 17.9. The van der Waals surface area contributed by atoms with E-state index in [1.165, 1.54) is 7.11 Å². The second-order valence-electron chi connectivity index (χ2n) is 5.62. The Morgan fingerprint density at radius 2 is 2.05 bits per heavy atom. The van der Waals surface area contributed by atoms with Crippen LogP contribution in [0.15, 0.2) is 18.2 Å². The van der Waals surface area contributed by atoms with Gasteiger partial charge in [0.15, 0.2) is 11.6 Å². The van der Waals surface area contributed by atoms with E-state index < -0.39 is 0 Å². The van der Waals surface area contributed by atoms with Gasteiger partial charge in [-0.05, 0) is 49.4 Å². The zero-order valence-electron chi connectivity index (χ0n) is 13.6. The van der Waals surface area contributed by atoms with Crippen molar-refractivity contribution in [2.24, 2.45) is 5.92 Å². The van der Waals surface area contributed by atoms with Crippen molar-refractivity contribution in [2.75, 3.05) is 27.4 Å². The maximum Gasteiger partial charge on any atom is 0.165 e. The molecule has 1 aromatic rings. The predicted octanol–water partition coefficient (Wildman–Crippen LogP) is 3.42. The van der Waals surface area contributed by atoms with Crippen LogP contribution in [0.25, 0.3) is 0 Å². The molecule has 0 aliphatic carbocycles. The first-order valence-corrected chi connectivity index (χ1v) is 7.65. The van der Waals surface area contributed by atoms with Gasteiger partial charge in [-0.15, -0.1) is 0 Å². The Bertz CT molecular complexity index is 412. The number of halogens is 1. The molecule has 0 aliphatic rings. The molecule has 0 radical (unpaired) electrons. The van der Waals surface area contributed by atoms with Crippen LogP contribution in [0.2, 0.25) is 0 Å². The van der Waals surface area contributed by atoms with Crippen LogP contribution in [0, 0.1) is 11.7 Å². The fourth-order valence-electron chi connectivity index (χ4n) is 2.55. The largest absolute Gasteiger partial charge is 0.494 e. The van der Waals surface area contributed by atoms with Gasteiger partial charge in [-0.25, -0.2) is 4.39 Å². The minimum atomic E-state index is -0.297. The summed E-state index contributed by atoms with van der Waals surface area (Å²) < 4.78 is 23.9. The lowest BCUT2D eigenvalue weighted by atomic mass is 9.96. The quantitative estimate of drug-likeness (QED) is 0.718. The number of hydrogen-bond acceptors (Lipinski definition) is 3. The molecule has 3 nitrogen and oxygen atoms in total. The molecule has 120 valence electrons. The van der Waals surface area contributed by atoms with Gasteiger partial charge in [-0.3, -0.25) is 0 Å². The van der Waals surface area contributed by atoms with E-state index in [0.29, 0.717) is 17.7 Å². The highest BCUT2D eigenvalue weighted by molar-refractivity contribution is 5.29. The molecular formula is C17H28FNO2. The second-order valence-corrected chi connectivity index (χ2v) is 5.62. The molecule has 1 N–H and O–H groups in total. The molecule has 0 spiro atoms. The molecule has 0 saturated heterocycles. The highest BCUT2D eigenvalue weighted by atomic mass is 19.1. The summed E-state index contributed by atoms with van der Waals surface area (Å²) in [4.78, 5) is 0. The van der Waals surface area contributed by atoms with Crippen LogP contribution in [-0.2, 0) is 11.2 Å². The maximum atomic E-state index is 13.8. The third-order valence-electron chi connectivity index (χ3n) is 3.52. The number of ether oxygens (including phenoxy) is 2. The van der Waals surface area contributed by atoms with Gasteiger partial charge in [0.1, 0.15) is 0 Å². The molecule has 2 unspecified atom stereocenters. The SMILES string of the molecule is CCCNC(Cc1ccc(OC)c(F)c1)CC(C)COC. The van der Waals surface area contributed by atoms with E-state index in [2.05, 4.69) is 19.2 Å². The van der Waals surface area contributed by atoms with E-state index in [-0.39, 0.29) is 5.82 Å². The number of benzene rings is 1. The average Bonchev–Trinajstić information content (AvgIpc) is 2.45. The van der Waals surface area contributed by atoms with E-state index in [0.717, 1.165) is 38.0 Å². The molecule has 0 bridgehead atoms. The van der Waals surface area contributed by atoms with Gasteiger partial charge in [0.25, 0.3) is 0 Å². The van der Waals surface area contributed by atoms with Crippen molar-refractivity contribution >= 4 is 0 Å². The Morgan fingerprint density at radius 3 is 2.62 bits per heavy atom. The number of hydrogen-bond donors (Lipinski definition) is 1. The molecule has 21 heavy (non-hydrogen) atoms. The van der Waals surface area contributed by atoms with E-state index in [1.54, 1.807) is 19.2 Å². The van der Waals surface area contributed by atoms with Crippen LogP contribution >= 0.6 is 0 Å². The summed E-state index contributed by atoms with van der Waals surface area (Å²) in [5.41, 5.74) is 0.992. The van der Waals surface area contributed by atoms with Crippen LogP contribution in [-0.4, -0.2) is 33.4 Å². The Morgan fingerprint density at radius 1 is 1.29 bits per heavy atom. The van der Waals surface area contributed by atoms with E-state index in [1.807, 2.05) is 6.07 Å². The number of rotatable bonds is 10. The van der Waals surface area contributed by atoms with E-state index >= 15 is 0 Å². The first-order chi connectivity index (χ1) is 10.1. The van der Waals surface area contributed by atoms with Crippen molar-refractivity contribution in [3.63, 3.8) is 0 Å². The summed E-state index contributed by atoms with van der Waals surface area (Å²) in [5.74, 6) is 0.478. The van der Waals surface area contributed by atoms with Crippen LogP contribution in [0.5, 0.6) is 5.75 Å². The lowest BCUT2D eigenvalue weighted by molar-refractivity contribution is 0.149. The fraction of sp³-hybridized carbons (Fsp3) is 0.647. The number of methoxy groups -OCH3 is 2. The van der Waals surface area contributed by atoms with Gasteiger partial charge in [0.2, 0.25) is 0 Å². The zero-order chi connectivity index (χ0) is 15.7. The minimum absolute atomic E-state index is 0.296. The summed E-state index contributed by atoms with van der Waals surface area (Å²) in [5, 5.41) is 3.55. The molecule has 0 aliphatic heterocycles. The molecular weight excluding hydrogens is 269 g/mol. The molecule has 0 heterocycles. The smallest absolute Gasteiger partial charge is 0.165 e. The predicted molar refractivity (Wildman–Crippen MR) is 84.4 cm³/mol. The molecule has 0 amide bonds. The normalized spacial score (nSPS) is 14.0. The second kappa shape index (κ2) is 9.74. The molecule has 2 atom stereocenters. The van der Waals surface area contributed by atoms with Gasteiger partial charge in [0, 0.05) is 19.8 Å². The van der Waals surface area contributed by atoms with E-state index in [4.69, 9.17) is 9.47 Å². The fourth-order valence-corrected chi connectivity index (χ4v) is 2.55. The van der Waals surface area contributed by atoms with Gasteiger partial charge in [-0.2, -0.15) is 0 Å². The summed E-state index contributed by atoms with van der Waals surface area (Å²) in [6.07, 6.45) is 2.92. The standard InChI is InChI=1S/C17H28FNO2/c1-5-8-19-15(9-13(2)12-20-3)10-14-6-7-17(21-4)16(18)11-14/h6-7,11,13,15,19H,5,8-10,12H2,1-4H3. The lowest BCUT2D eigenvalue weighted by Gasteiger charge is -2.22. The third-order valence-corrected chi connectivity index (χ3v) is 3.52. The van der Waals surface area contributed by atoms with Crippen molar-refractivity contribution < 1.29 is 13.9 Å². The summed E-state index contributed by atoms with van der Waals surface area (Å²) in [6, 6.07) is 5.53. The van der Waals surface area contributed by atoms with Gasteiger partial charge in [-0.1, -0.05) is 19.9 Å². The Balaban J connectivity index is 2.68. The summed E-state index contributed by atoms with van der Waals surface area (Å²) in [6.45, 7) is 6.05. The van der Waals surface area contributed by atoms with E-state index in [9.17, 15) is 4.39 Å². The molecule has 0 fully saturated rings. The molecule has 0 aromatic heterocycles. The van der Waals surface area contributed by atoms with Gasteiger partial charge in [0.05, 0.1) is 7.11 Å². The Labute approximate surface area is 127 Å². The summed E-state index contributed by atoms with van der Waals surface area (Å²) in [7, 11) is 3.21. The number of nitrogens with one attached hydrogen (secondary N) is 1. The topological polar surface area (TPSA) is 30.5 Å². The van der Waals surface area contributed by atoms with Crippen LogP contribution in [0.1, 0.15) is 32.3 Å². The molecule has 0 saturated carbocycles. The maximum absolute atomic E-state index is 13.8. The highest BCUT2D eigenvalue weighted by Gasteiger charge is 2.14. The van der Waals surface area contributed by atoms with Crippen molar-refractivity contribution in [1.82, 2.24) is 5.32 Å². The molecule has 1 aromatic carbocycles. The van der Waals surface area contributed by atoms with Crippen molar-refractivity contribution in [2.45, 2.75) is 39.2 Å². The van der Waals surface area contributed by atoms with Crippen molar-refractivity contribution in [1.29, 1.82) is 0 Å². The van der Waals surface area contributed by atoms with Crippen molar-refractivity contribution in [3.05, 3.63) is 29.6 Å². The van der Waals surface area contributed by atoms with Gasteiger partial charge >= 0.3 is 0 Å². The first-order valence-electron chi connectivity index (χ1n) is 7.65. The summed E-state index contributed by atoms with van der Waals surface area (Å²) >= 11 is 0. The minimum Gasteiger partial charge on any atom is -0.494 e.